The molecule has 0 aromatic carbocycles. The van der Waals surface area contributed by atoms with Crippen LogP contribution in [0.25, 0.3) is 0 Å². The molecule has 1 atom stereocenters. The van der Waals surface area contributed by atoms with Crippen LogP contribution >= 0.6 is 0 Å². The molecule has 0 bridgehead atoms. The summed E-state index contributed by atoms with van der Waals surface area (Å²) in [6.07, 6.45) is 3.63. The number of hydrogen-bond acceptors (Lipinski definition) is 4. The lowest BCUT2D eigenvalue weighted by Gasteiger charge is -2.30. The molecular weight excluding hydrogens is 234 g/mol. The number of hydrogen-bond donors (Lipinski definition) is 3. The van der Waals surface area contributed by atoms with Crippen molar-refractivity contribution in [2.75, 3.05) is 13.2 Å². The molecule has 102 valence electrons. The Labute approximate surface area is 106 Å². The minimum atomic E-state index is -0.874. The van der Waals surface area contributed by atoms with Crippen LogP contribution in [0, 0.1) is 5.92 Å². The molecule has 0 spiro atoms. The van der Waals surface area contributed by atoms with Crippen LogP contribution in [0.3, 0.4) is 0 Å². The van der Waals surface area contributed by atoms with Crippen LogP contribution in [0.4, 0.5) is 0 Å². The maximum absolute atomic E-state index is 12.0. The van der Waals surface area contributed by atoms with Crippen molar-refractivity contribution in [1.29, 1.82) is 0 Å². The topological polar surface area (TPSA) is 107 Å². The van der Waals surface area contributed by atoms with Crippen molar-refractivity contribution in [3.8, 4) is 0 Å². The zero-order valence-electron chi connectivity index (χ0n) is 10.5. The van der Waals surface area contributed by atoms with Gasteiger partial charge < -0.3 is 21.5 Å². The summed E-state index contributed by atoms with van der Waals surface area (Å²) in [6, 6.07) is 0.106. The Bertz CT molecular complexity index is 331. The molecule has 1 heterocycles. The van der Waals surface area contributed by atoms with E-state index < -0.39 is 5.54 Å². The summed E-state index contributed by atoms with van der Waals surface area (Å²) in [5.74, 6) is -0.415. The SMILES string of the molecule is NC(=O)C1CCC(NC(=O)C2(N)CCOC2)CC1. The second-order valence-corrected chi connectivity index (χ2v) is 5.38. The average Bonchev–Trinajstić information content (AvgIpc) is 2.78. The van der Waals surface area contributed by atoms with Gasteiger partial charge >= 0.3 is 0 Å². The average molecular weight is 255 g/mol. The molecule has 6 nitrogen and oxygen atoms in total. The molecule has 5 N–H and O–H groups in total. The van der Waals surface area contributed by atoms with Crippen LogP contribution in [0.1, 0.15) is 32.1 Å². The van der Waals surface area contributed by atoms with E-state index >= 15 is 0 Å². The lowest BCUT2D eigenvalue weighted by Crippen LogP contribution is -2.57. The van der Waals surface area contributed by atoms with Crippen LogP contribution in [0.2, 0.25) is 0 Å². The fourth-order valence-electron chi connectivity index (χ4n) is 2.61. The van der Waals surface area contributed by atoms with Crippen molar-refractivity contribution in [3.05, 3.63) is 0 Å². The number of primary amides is 1. The predicted octanol–water partition coefficient (Wildman–Crippen LogP) is -0.735. The van der Waals surface area contributed by atoms with Crippen LogP contribution < -0.4 is 16.8 Å². The molecule has 1 saturated carbocycles. The highest BCUT2D eigenvalue weighted by atomic mass is 16.5. The molecule has 0 radical (unpaired) electrons. The molecule has 1 aliphatic heterocycles. The molecule has 0 aromatic heterocycles. The van der Waals surface area contributed by atoms with Gasteiger partial charge in [0.05, 0.1) is 6.61 Å². The maximum atomic E-state index is 12.0. The molecule has 18 heavy (non-hydrogen) atoms. The molecular formula is C12H21N3O3. The smallest absolute Gasteiger partial charge is 0.242 e. The van der Waals surface area contributed by atoms with E-state index in [1.54, 1.807) is 0 Å². The summed E-state index contributed by atoms with van der Waals surface area (Å²) >= 11 is 0. The minimum Gasteiger partial charge on any atom is -0.379 e. The van der Waals surface area contributed by atoms with Gasteiger partial charge in [-0.1, -0.05) is 0 Å². The summed E-state index contributed by atoms with van der Waals surface area (Å²) in [6.45, 7) is 0.827. The first-order valence-electron chi connectivity index (χ1n) is 6.48. The number of rotatable bonds is 3. The van der Waals surface area contributed by atoms with E-state index in [2.05, 4.69) is 5.32 Å². The summed E-state index contributed by atoms with van der Waals surface area (Å²) in [4.78, 5) is 23.1. The van der Waals surface area contributed by atoms with Crippen molar-refractivity contribution in [3.63, 3.8) is 0 Å². The molecule has 1 unspecified atom stereocenters. The molecule has 1 saturated heterocycles. The number of nitrogens with one attached hydrogen (secondary N) is 1. The van der Waals surface area contributed by atoms with E-state index in [-0.39, 0.29) is 30.4 Å². The van der Waals surface area contributed by atoms with E-state index in [1.807, 2.05) is 0 Å². The van der Waals surface area contributed by atoms with Gasteiger partial charge in [0.2, 0.25) is 11.8 Å². The number of carbonyl (C=O) groups excluding carboxylic acids is 2. The normalized spacial score (nSPS) is 36.3. The van der Waals surface area contributed by atoms with E-state index in [0.29, 0.717) is 13.0 Å². The Morgan fingerprint density at radius 3 is 2.39 bits per heavy atom. The number of ether oxygens (including phenoxy) is 1. The third-order valence-electron chi connectivity index (χ3n) is 3.97. The number of amides is 2. The Morgan fingerprint density at radius 2 is 1.89 bits per heavy atom. The first kappa shape index (κ1) is 13.3. The summed E-state index contributed by atoms with van der Waals surface area (Å²) in [5.41, 5.74) is 10.4. The first-order valence-corrected chi connectivity index (χ1v) is 6.48. The first-order chi connectivity index (χ1) is 8.51. The Morgan fingerprint density at radius 1 is 1.22 bits per heavy atom. The Hall–Kier alpha value is -1.14. The zero-order valence-corrected chi connectivity index (χ0v) is 10.5. The summed E-state index contributed by atoms with van der Waals surface area (Å²) in [5, 5.41) is 2.96. The molecule has 2 fully saturated rings. The fourth-order valence-corrected chi connectivity index (χ4v) is 2.61. The van der Waals surface area contributed by atoms with Crippen molar-refractivity contribution in [1.82, 2.24) is 5.32 Å². The van der Waals surface area contributed by atoms with Crippen LogP contribution in [0.5, 0.6) is 0 Å². The van der Waals surface area contributed by atoms with Gasteiger partial charge in [0, 0.05) is 18.6 Å². The van der Waals surface area contributed by atoms with Gasteiger partial charge in [-0.3, -0.25) is 9.59 Å². The minimum absolute atomic E-state index is 0.0418. The second-order valence-electron chi connectivity index (χ2n) is 5.38. The van der Waals surface area contributed by atoms with Crippen LogP contribution in [-0.4, -0.2) is 36.6 Å². The number of nitrogens with two attached hydrogens (primary N) is 2. The molecule has 1 aliphatic carbocycles. The Balaban J connectivity index is 1.81. The highest BCUT2D eigenvalue weighted by Crippen LogP contribution is 2.25. The molecule has 2 aliphatic rings. The third kappa shape index (κ3) is 2.81. The molecule has 6 heteroatoms. The van der Waals surface area contributed by atoms with E-state index in [4.69, 9.17) is 16.2 Å². The lowest BCUT2D eigenvalue weighted by molar-refractivity contribution is -0.127. The molecule has 0 aromatic rings. The van der Waals surface area contributed by atoms with E-state index in [9.17, 15) is 9.59 Å². The van der Waals surface area contributed by atoms with Gasteiger partial charge in [0.15, 0.2) is 0 Å². The van der Waals surface area contributed by atoms with E-state index in [1.165, 1.54) is 0 Å². The van der Waals surface area contributed by atoms with Crippen molar-refractivity contribution >= 4 is 11.8 Å². The summed E-state index contributed by atoms with van der Waals surface area (Å²) < 4.78 is 5.17. The standard InChI is InChI=1S/C12H21N3O3/c13-10(16)8-1-3-9(4-2-8)15-11(17)12(14)5-6-18-7-12/h8-9H,1-7,14H2,(H2,13,16)(H,15,17). The lowest BCUT2D eigenvalue weighted by atomic mass is 9.85. The Kier molecular flexibility index (Phi) is 3.87. The van der Waals surface area contributed by atoms with Crippen molar-refractivity contribution in [2.45, 2.75) is 43.7 Å². The monoisotopic (exact) mass is 255 g/mol. The van der Waals surface area contributed by atoms with Gasteiger partial charge in [0.1, 0.15) is 5.54 Å². The van der Waals surface area contributed by atoms with Crippen molar-refractivity contribution < 1.29 is 14.3 Å². The van der Waals surface area contributed by atoms with Crippen LogP contribution in [-0.2, 0) is 14.3 Å². The summed E-state index contributed by atoms with van der Waals surface area (Å²) in [7, 11) is 0. The highest BCUT2D eigenvalue weighted by molar-refractivity contribution is 5.86. The largest absolute Gasteiger partial charge is 0.379 e. The quantitative estimate of drug-likeness (QED) is 0.617. The number of carbonyl (C=O) groups is 2. The van der Waals surface area contributed by atoms with Gasteiger partial charge in [-0.25, -0.2) is 0 Å². The molecule has 2 amide bonds. The predicted molar refractivity (Wildman–Crippen MR) is 65.4 cm³/mol. The van der Waals surface area contributed by atoms with Gasteiger partial charge in [-0.15, -0.1) is 0 Å². The van der Waals surface area contributed by atoms with Gasteiger partial charge in [-0.2, -0.15) is 0 Å². The van der Waals surface area contributed by atoms with Gasteiger partial charge in [0.25, 0.3) is 0 Å². The van der Waals surface area contributed by atoms with E-state index in [0.717, 1.165) is 25.7 Å². The highest BCUT2D eigenvalue weighted by Gasteiger charge is 2.39. The van der Waals surface area contributed by atoms with Crippen LogP contribution in [0.15, 0.2) is 0 Å². The zero-order chi connectivity index (χ0) is 13.2. The second kappa shape index (κ2) is 5.24. The van der Waals surface area contributed by atoms with Crippen molar-refractivity contribution in [2.24, 2.45) is 17.4 Å². The van der Waals surface area contributed by atoms with Gasteiger partial charge in [-0.05, 0) is 32.1 Å². The third-order valence-corrected chi connectivity index (χ3v) is 3.97. The maximum Gasteiger partial charge on any atom is 0.242 e. The molecule has 2 rings (SSSR count). The fraction of sp³-hybridized carbons (Fsp3) is 0.833.